The highest BCUT2D eigenvalue weighted by atomic mass is 32.2. The Labute approximate surface area is 107 Å². The van der Waals surface area contributed by atoms with E-state index in [1.165, 1.54) is 20.0 Å². The van der Waals surface area contributed by atoms with Crippen LogP contribution in [0.5, 0.6) is 0 Å². The van der Waals surface area contributed by atoms with Crippen LogP contribution in [0.1, 0.15) is 19.3 Å². The average molecular weight is 259 g/mol. The number of methoxy groups -OCH3 is 1. The molecule has 2 rings (SSSR count). The summed E-state index contributed by atoms with van der Waals surface area (Å²) in [5, 5.41) is 3.33. The molecule has 1 aliphatic heterocycles. The van der Waals surface area contributed by atoms with Gasteiger partial charge in [-0.25, -0.2) is 0 Å². The molecular formula is C12H21NO3S. The van der Waals surface area contributed by atoms with E-state index in [-0.39, 0.29) is 11.4 Å². The predicted molar refractivity (Wildman–Crippen MR) is 68.2 cm³/mol. The quantitative estimate of drug-likeness (QED) is 0.723. The molecule has 1 atom stereocenters. The van der Waals surface area contributed by atoms with Crippen molar-refractivity contribution in [2.75, 3.05) is 38.3 Å². The first kappa shape index (κ1) is 13.2. The Morgan fingerprint density at radius 3 is 3.00 bits per heavy atom. The van der Waals surface area contributed by atoms with Crippen LogP contribution in [0, 0.1) is 5.41 Å². The summed E-state index contributed by atoms with van der Waals surface area (Å²) in [4.78, 5) is 11.3. The lowest BCUT2D eigenvalue weighted by atomic mass is 10.1. The molecule has 1 heterocycles. The van der Waals surface area contributed by atoms with E-state index in [1.54, 1.807) is 0 Å². The van der Waals surface area contributed by atoms with E-state index >= 15 is 0 Å². The molecule has 1 unspecified atom stereocenters. The van der Waals surface area contributed by atoms with Gasteiger partial charge in [-0.05, 0) is 24.0 Å². The summed E-state index contributed by atoms with van der Waals surface area (Å²) in [5.41, 5.74) is 0.236. The van der Waals surface area contributed by atoms with Crippen LogP contribution in [0.2, 0.25) is 0 Å². The number of rotatable bonds is 6. The second-order valence-corrected chi connectivity index (χ2v) is 6.00. The van der Waals surface area contributed by atoms with Crippen molar-refractivity contribution in [1.82, 2.24) is 5.32 Å². The minimum atomic E-state index is -0.0707. The molecule has 0 aromatic carbocycles. The fourth-order valence-electron chi connectivity index (χ4n) is 2.06. The normalized spacial score (nSPS) is 26.5. The summed E-state index contributed by atoms with van der Waals surface area (Å²) in [7, 11) is 1.47. The maximum absolute atomic E-state index is 11.3. The van der Waals surface area contributed by atoms with Gasteiger partial charge in [-0.15, -0.1) is 0 Å². The Bertz CT molecular complexity index is 262. The van der Waals surface area contributed by atoms with Crippen molar-refractivity contribution in [1.29, 1.82) is 0 Å². The number of thioether (sulfide) groups is 1. The molecule has 5 heteroatoms. The van der Waals surface area contributed by atoms with Gasteiger partial charge >= 0.3 is 5.97 Å². The fourth-order valence-corrected chi connectivity index (χ4v) is 3.48. The summed E-state index contributed by atoms with van der Waals surface area (Å²) in [6.45, 7) is 2.74. The van der Waals surface area contributed by atoms with E-state index in [4.69, 9.17) is 9.47 Å². The van der Waals surface area contributed by atoms with Gasteiger partial charge in [-0.3, -0.25) is 4.79 Å². The summed E-state index contributed by atoms with van der Waals surface area (Å²) < 4.78 is 10.4. The number of esters is 1. The molecule has 1 aliphatic carbocycles. The number of hydrogen-bond donors (Lipinski definition) is 1. The summed E-state index contributed by atoms with van der Waals surface area (Å²) >= 11 is 1.91. The third-order valence-corrected chi connectivity index (χ3v) is 4.84. The Morgan fingerprint density at radius 1 is 1.59 bits per heavy atom. The van der Waals surface area contributed by atoms with Crippen molar-refractivity contribution in [3.8, 4) is 0 Å². The lowest BCUT2D eigenvalue weighted by molar-refractivity contribution is -0.141. The highest BCUT2D eigenvalue weighted by Crippen LogP contribution is 2.51. The van der Waals surface area contributed by atoms with Crippen LogP contribution < -0.4 is 5.32 Å². The monoisotopic (exact) mass is 259 g/mol. The van der Waals surface area contributed by atoms with Crippen molar-refractivity contribution in [2.24, 2.45) is 5.41 Å². The molecule has 2 fully saturated rings. The van der Waals surface area contributed by atoms with Gasteiger partial charge in [0.15, 0.2) is 0 Å². The van der Waals surface area contributed by atoms with E-state index < -0.39 is 0 Å². The van der Waals surface area contributed by atoms with Crippen molar-refractivity contribution in [2.45, 2.75) is 25.4 Å². The number of carbonyl (C=O) groups excluding carboxylic acids is 1. The van der Waals surface area contributed by atoms with E-state index in [1.807, 2.05) is 11.8 Å². The average Bonchev–Trinajstić information content (AvgIpc) is 3.10. The van der Waals surface area contributed by atoms with Crippen LogP contribution in [0.25, 0.3) is 0 Å². The van der Waals surface area contributed by atoms with Gasteiger partial charge in [0.1, 0.15) is 0 Å². The van der Waals surface area contributed by atoms with Crippen LogP contribution in [-0.4, -0.2) is 50.4 Å². The minimum Gasteiger partial charge on any atom is -0.469 e. The summed E-state index contributed by atoms with van der Waals surface area (Å²) in [5.74, 6) is 2.01. The largest absolute Gasteiger partial charge is 0.469 e. The molecule has 0 bridgehead atoms. The SMILES string of the molecule is COC(=O)CC1(CSCC2CNCCO2)CC1. The standard InChI is InChI=1S/C12H21NO3S/c1-15-11(14)6-12(2-3-12)9-17-8-10-7-13-4-5-16-10/h10,13H,2-9H2,1H3. The van der Waals surface area contributed by atoms with Crippen molar-refractivity contribution in [3.05, 3.63) is 0 Å². The zero-order valence-corrected chi connectivity index (χ0v) is 11.2. The Kier molecular flexibility index (Phi) is 4.70. The van der Waals surface area contributed by atoms with Crippen LogP contribution in [-0.2, 0) is 14.3 Å². The second-order valence-electron chi connectivity index (χ2n) is 4.96. The molecule has 4 nitrogen and oxygen atoms in total. The van der Waals surface area contributed by atoms with E-state index in [2.05, 4.69) is 5.32 Å². The highest BCUT2D eigenvalue weighted by molar-refractivity contribution is 7.99. The number of ether oxygens (including phenoxy) is 2. The van der Waals surface area contributed by atoms with Gasteiger partial charge in [0, 0.05) is 18.8 Å². The van der Waals surface area contributed by atoms with Gasteiger partial charge in [-0.1, -0.05) is 0 Å². The zero-order chi connectivity index (χ0) is 12.1. The summed E-state index contributed by atoms with van der Waals surface area (Å²) in [6.07, 6.45) is 3.25. The van der Waals surface area contributed by atoms with Crippen LogP contribution >= 0.6 is 11.8 Å². The topological polar surface area (TPSA) is 47.6 Å². The van der Waals surface area contributed by atoms with Gasteiger partial charge in [0.25, 0.3) is 0 Å². The summed E-state index contributed by atoms with van der Waals surface area (Å²) in [6, 6.07) is 0. The molecule has 17 heavy (non-hydrogen) atoms. The Balaban J connectivity index is 1.62. The maximum Gasteiger partial charge on any atom is 0.306 e. The fraction of sp³-hybridized carbons (Fsp3) is 0.917. The molecule has 98 valence electrons. The number of morpholine rings is 1. The lowest BCUT2D eigenvalue weighted by Gasteiger charge is -2.24. The molecule has 0 spiro atoms. The lowest BCUT2D eigenvalue weighted by Crippen LogP contribution is -2.39. The van der Waals surface area contributed by atoms with E-state index in [0.717, 1.165) is 31.2 Å². The maximum atomic E-state index is 11.3. The first-order chi connectivity index (χ1) is 8.24. The van der Waals surface area contributed by atoms with Crippen molar-refractivity contribution in [3.63, 3.8) is 0 Å². The zero-order valence-electron chi connectivity index (χ0n) is 10.4. The predicted octanol–water partition coefficient (Wildman–Crippen LogP) is 1.05. The van der Waals surface area contributed by atoms with Crippen molar-refractivity contribution < 1.29 is 14.3 Å². The van der Waals surface area contributed by atoms with Crippen LogP contribution in [0.3, 0.4) is 0 Å². The first-order valence-corrected chi connectivity index (χ1v) is 7.36. The van der Waals surface area contributed by atoms with Crippen molar-refractivity contribution >= 4 is 17.7 Å². The second kappa shape index (κ2) is 6.07. The first-order valence-electron chi connectivity index (χ1n) is 6.21. The molecule has 1 N–H and O–H groups in total. The molecule has 0 radical (unpaired) electrons. The van der Waals surface area contributed by atoms with E-state index in [9.17, 15) is 4.79 Å². The van der Waals surface area contributed by atoms with Gasteiger partial charge in [0.05, 0.1) is 26.2 Å². The minimum absolute atomic E-state index is 0.0707. The molecule has 0 aromatic rings. The molecule has 2 aliphatic rings. The number of hydrogen-bond acceptors (Lipinski definition) is 5. The molecular weight excluding hydrogens is 238 g/mol. The van der Waals surface area contributed by atoms with Gasteiger partial charge in [0.2, 0.25) is 0 Å². The Morgan fingerprint density at radius 2 is 2.41 bits per heavy atom. The van der Waals surface area contributed by atoms with Crippen LogP contribution in [0.4, 0.5) is 0 Å². The molecule has 0 aromatic heterocycles. The van der Waals surface area contributed by atoms with Gasteiger partial charge < -0.3 is 14.8 Å². The Hall–Kier alpha value is -0.260. The molecule has 1 saturated carbocycles. The highest BCUT2D eigenvalue weighted by Gasteiger charge is 2.44. The number of carbonyl (C=O) groups is 1. The number of nitrogens with one attached hydrogen (secondary N) is 1. The third kappa shape index (κ3) is 4.16. The van der Waals surface area contributed by atoms with Gasteiger partial charge in [-0.2, -0.15) is 11.8 Å². The smallest absolute Gasteiger partial charge is 0.306 e. The van der Waals surface area contributed by atoms with E-state index in [0.29, 0.717) is 12.5 Å². The molecule has 1 saturated heterocycles. The third-order valence-electron chi connectivity index (χ3n) is 3.42. The molecule has 0 amide bonds. The van der Waals surface area contributed by atoms with Crippen LogP contribution in [0.15, 0.2) is 0 Å².